The van der Waals surface area contributed by atoms with Crippen LogP contribution in [0.3, 0.4) is 0 Å². The largest absolute Gasteiger partial charge is 0.480 e. The van der Waals surface area contributed by atoms with Crippen LogP contribution in [0.25, 0.3) is 0 Å². The summed E-state index contributed by atoms with van der Waals surface area (Å²) in [5.41, 5.74) is 0.194. The molecule has 104 valence electrons. The first-order chi connectivity index (χ1) is 9.51. The van der Waals surface area contributed by atoms with E-state index in [1.165, 1.54) is 18.9 Å². The lowest BCUT2D eigenvalue weighted by molar-refractivity contribution is 0.0695. The van der Waals surface area contributed by atoms with Crippen molar-refractivity contribution in [2.75, 3.05) is 7.11 Å². The van der Waals surface area contributed by atoms with Gasteiger partial charge in [0.1, 0.15) is 0 Å². The Hall–Kier alpha value is -1.12. The number of hydrogen-bond donors (Lipinski definition) is 1. The van der Waals surface area contributed by atoms with Crippen LogP contribution in [-0.2, 0) is 0 Å². The summed E-state index contributed by atoms with van der Waals surface area (Å²) < 4.78 is 6.28. The smallest absolute Gasteiger partial charge is 0.336 e. The van der Waals surface area contributed by atoms with Crippen molar-refractivity contribution in [2.24, 2.45) is 0 Å². The third-order valence-corrected chi connectivity index (χ3v) is 4.36. The zero-order valence-corrected chi connectivity index (χ0v) is 14.1. The van der Waals surface area contributed by atoms with Crippen molar-refractivity contribution >= 4 is 49.6 Å². The van der Waals surface area contributed by atoms with Gasteiger partial charge in [0.15, 0.2) is 5.16 Å². The van der Waals surface area contributed by atoms with Crippen molar-refractivity contribution < 1.29 is 14.6 Å². The molecule has 0 saturated carbocycles. The molecule has 0 atom stereocenters. The second kappa shape index (κ2) is 6.55. The van der Waals surface area contributed by atoms with Gasteiger partial charge in [0.25, 0.3) is 0 Å². The molecule has 0 unspecified atom stereocenters. The molecule has 0 radical (unpaired) electrons. The van der Waals surface area contributed by atoms with Crippen LogP contribution in [0.4, 0.5) is 0 Å². The number of halogens is 2. The Morgan fingerprint density at radius 2 is 2.10 bits per heavy atom. The number of carboxylic acid groups (broad SMARTS) is 1. The maximum atomic E-state index is 11.1. The predicted octanol–water partition coefficient (Wildman–Crippen LogP) is 3.86. The molecular weight excluding hydrogens is 412 g/mol. The molecule has 2 aromatic rings. The van der Waals surface area contributed by atoms with Gasteiger partial charge >= 0.3 is 5.97 Å². The van der Waals surface area contributed by atoms with Gasteiger partial charge < -0.3 is 9.84 Å². The van der Waals surface area contributed by atoms with Crippen LogP contribution >= 0.6 is 43.6 Å². The highest BCUT2D eigenvalue weighted by Gasteiger charge is 2.11. The highest BCUT2D eigenvalue weighted by atomic mass is 79.9. The number of nitrogens with zero attached hydrogens (tertiary/aromatic N) is 2. The molecule has 2 rings (SSSR count). The normalized spacial score (nSPS) is 10.3. The molecule has 20 heavy (non-hydrogen) atoms. The molecule has 0 aliphatic rings. The van der Waals surface area contributed by atoms with Crippen LogP contribution in [0.1, 0.15) is 10.4 Å². The van der Waals surface area contributed by atoms with Crippen molar-refractivity contribution in [3.63, 3.8) is 0 Å². The first-order valence-electron chi connectivity index (χ1n) is 5.28. The molecule has 0 aliphatic heterocycles. The summed E-state index contributed by atoms with van der Waals surface area (Å²) in [7, 11) is 1.52. The van der Waals surface area contributed by atoms with Crippen molar-refractivity contribution in [3.05, 3.63) is 38.9 Å². The Morgan fingerprint density at radius 1 is 1.35 bits per heavy atom. The number of rotatable bonds is 4. The van der Waals surface area contributed by atoms with E-state index in [9.17, 15) is 4.79 Å². The number of methoxy groups -OCH3 is 1. The first kappa shape index (κ1) is 15.3. The molecule has 0 aliphatic carbocycles. The van der Waals surface area contributed by atoms with E-state index in [2.05, 4.69) is 41.8 Å². The van der Waals surface area contributed by atoms with Gasteiger partial charge in [-0.1, -0.05) is 0 Å². The molecule has 1 aromatic heterocycles. The van der Waals surface area contributed by atoms with E-state index < -0.39 is 5.97 Å². The van der Waals surface area contributed by atoms with Crippen molar-refractivity contribution in [1.29, 1.82) is 0 Å². The predicted molar refractivity (Wildman–Crippen MR) is 81.5 cm³/mol. The lowest BCUT2D eigenvalue weighted by atomic mass is 10.2. The number of ether oxygens (including phenoxy) is 1. The van der Waals surface area contributed by atoms with Crippen LogP contribution in [-0.4, -0.2) is 28.2 Å². The quantitative estimate of drug-likeness (QED) is 0.758. The second-order valence-corrected chi connectivity index (χ2v) is 6.31. The van der Waals surface area contributed by atoms with Gasteiger partial charge in [0.2, 0.25) is 5.88 Å². The Balaban J connectivity index is 2.30. The fourth-order valence-electron chi connectivity index (χ4n) is 1.37. The van der Waals surface area contributed by atoms with Crippen LogP contribution < -0.4 is 4.74 Å². The molecule has 1 N–H and O–H groups in total. The number of carboxylic acids is 1. The topological polar surface area (TPSA) is 72.3 Å². The van der Waals surface area contributed by atoms with Gasteiger partial charge in [0.05, 0.1) is 17.1 Å². The summed E-state index contributed by atoms with van der Waals surface area (Å²) >= 11 is 7.73. The van der Waals surface area contributed by atoms with E-state index >= 15 is 0 Å². The van der Waals surface area contributed by atoms with Crippen molar-refractivity contribution in [1.82, 2.24) is 9.97 Å². The molecule has 0 spiro atoms. The van der Waals surface area contributed by atoms with Crippen LogP contribution in [0.15, 0.2) is 43.4 Å². The number of hydrogen-bond acceptors (Lipinski definition) is 5. The first-order valence-corrected chi connectivity index (χ1v) is 7.68. The summed E-state index contributed by atoms with van der Waals surface area (Å²) in [5.74, 6) is -0.563. The minimum absolute atomic E-state index is 0.194. The Labute approximate surface area is 136 Å². The molecule has 0 amide bonds. The van der Waals surface area contributed by atoms with Gasteiger partial charge in [0, 0.05) is 15.6 Å². The van der Waals surface area contributed by atoms with Crippen LogP contribution in [0.5, 0.6) is 5.88 Å². The van der Waals surface area contributed by atoms with E-state index in [1.54, 1.807) is 24.4 Å². The monoisotopic (exact) mass is 418 g/mol. The molecule has 0 fully saturated rings. The fourth-order valence-corrected chi connectivity index (χ4v) is 2.89. The summed E-state index contributed by atoms with van der Waals surface area (Å²) in [4.78, 5) is 20.2. The molecule has 1 heterocycles. The van der Waals surface area contributed by atoms with Gasteiger partial charge in [-0.2, -0.15) is 4.98 Å². The summed E-state index contributed by atoms with van der Waals surface area (Å²) in [6.07, 6.45) is 1.59. The van der Waals surface area contributed by atoms with Crippen molar-refractivity contribution in [3.8, 4) is 5.88 Å². The standard InChI is InChI=1S/C12H8Br2N2O3S/c1-19-10-9(14)5-15-12(16-10)20-6-2-3-8(13)7(4-6)11(17)18/h2-5H,1H3,(H,17,18). The van der Waals surface area contributed by atoms with Gasteiger partial charge in [-0.15, -0.1) is 0 Å². The second-order valence-electron chi connectivity index (χ2n) is 3.56. The SMILES string of the molecule is COc1nc(Sc2ccc(Br)c(C(=O)O)c2)ncc1Br. The number of benzene rings is 1. The van der Waals surface area contributed by atoms with Crippen LogP contribution in [0.2, 0.25) is 0 Å². The van der Waals surface area contributed by atoms with Crippen LogP contribution in [0, 0.1) is 0 Å². The van der Waals surface area contributed by atoms with E-state index in [-0.39, 0.29) is 5.56 Å². The highest BCUT2D eigenvalue weighted by Crippen LogP contribution is 2.31. The molecule has 0 bridgehead atoms. The number of aromatic carboxylic acids is 1. The molecule has 0 saturated heterocycles. The highest BCUT2D eigenvalue weighted by molar-refractivity contribution is 9.10. The maximum absolute atomic E-state index is 11.1. The van der Waals surface area contributed by atoms with E-state index in [0.717, 1.165) is 4.90 Å². The lowest BCUT2D eigenvalue weighted by Gasteiger charge is -2.06. The Morgan fingerprint density at radius 3 is 2.75 bits per heavy atom. The third kappa shape index (κ3) is 3.50. The van der Waals surface area contributed by atoms with E-state index in [4.69, 9.17) is 9.84 Å². The lowest BCUT2D eigenvalue weighted by Crippen LogP contribution is -1.98. The fraction of sp³-hybridized carbons (Fsp3) is 0.0833. The van der Waals surface area contributed by atoms with E-state index in [1.807, 2.05) is 0 Å². The Bertz CT molecular complexity index is 667. The minimum atomic E-state index is -0.992. The molecule has 8 heteroatoms. The molecule has 5 nitrogen and oxygen atoms in total. The minimum Gasteiger partial charge on any atom is -0.480 e. The van der Waals surface area contributed by atoms with Crippen molar-refractivity contribution in [2.45, 2.75) is 10.1 Å². The zero-order valence-electron chi connectivity index (χ0n) is 10.1. The van der Waals surface area contributed by atoms with Gasteiger partial charge in [-0.3, -0.25) is 0 Å². The Kier molecular flexibility index (Phi) is 5.00. The summed E-state index contributed by atoms with van der Waals surface area (Å²) in [6, 6.07) is 5.04. The average molecular weight is 420 g/mol. The molecular formula is C12H8Br2N2O3S. The van der Waals surface area contributed by atoms with Gasteiger partial charge in [-0.25, -0.2) is 9.78 Å². The van der Waals surface area contributed by atoms with E-state index in [0.29, 0.717) is 20.0 Å². The van der Waals surface area contributed by atoms with Gasteiger partial charge in [-0.05, 0) is 61.8 Å². The molecule has 1 aromatic carbocycles. The summed E-state index contributed by atoms with van der Waals surface area (Å²) in [6.45, 7) is 0. The third-order valence-electron chi connectivity index (χ3n) is 2.26. The summed E-state index contributed by atoms with van der Waals surface area (Å²) in [5, 5.41) is 9.55. The zero-order chi connectivity index (χ0) is 14.7. The number of carbonyl (C=O) groups is 1. The number of aromatic nitrogens is 2. The maximum Gasteiger partial charge on any atom is 0.336 e. The average Bonchev–Trinajstić information content (AvgIpc) is 2.42.